The SMILES string of the molecule is CCNc1ccc(CSC(C)(C)C)cc1[N+](=O)[O-]. The number of rotatable bonds is 5. The van der Waals surface area contributed by atoms with Gasteiger partial charge in [-0.25, -0.2) is 0 Å². The van der Waals surface area contributed by atoms with E-state index in [1.54, 1.807) is 23.9 Å². The Balaban J connectivity index is 2.89. The summed E-state index contributed by atoms with van der Waals surface area (Å²) in [6.07, 6.45) is 0. The lowest BCUT2D eigenvalue weighted by molar-refractivity contribution is -0.384. The number of thioether (sulfide) groups is 1. The number of hydrogen-bond donors (Lipinski definition) is 1. The van der Waals surface area contributed by atoms with Crippen LogP contribution in [0.5, 0.6) is 0 Å². The lowest BCUT2D eigenvalue weighted by Crippen LogP contribution is -2.07. The first-order valence-electron chi connectivity index (χ1n) is 5.98. The van der Waals surface area contributed by atoms with E-state index in [4.69, 9.17) is 0 Å². The maximum Gasteiger partial charge on any atom is 0.292 e. The number of nitro groups is 1. The van der Waals surface area contributed by atoms with Crippen molar-refractivity contribution < 1.29 is 4.92 Å². The van der Waals surface area contributed by atoms with Crippen molar-refractivity contribution >= 4 is 23.1 Å². The molecule has 0 saturated heterocycles. The topological polar surface area (TPSA) is 55.2 Å². The van der Waals surface area contributed by atoms with Crippen LogP contribution in [0.25, 0.3) is 0 Å². The van der Waals surface area contributed by atoms with Crippen molar-refractivity contribution in [3.63, 3.8) is 0 Å². The van der Waals surface area contributed by atoms with E-state index in [0.717, 1.165) is 11.3 Å². The number of anilines is 1. The molecule has 18 heavy (non-hydrogen) atoms. The summed E-state index contributed by atoms with van der Waals surface area (Å²) in [5, 5.41) is 14.0. The van der Waals surface area contributed by atoms with Gasteiger partial charge in [0.1, 0.15) is 5.69 Å². The standard InChI is InChI=1S/C13H20N2O2S/c1-5-14-11-7-6-10(8-12(11)15(16)17)9-18-13(2,3)4/h6-8,14H,5,9H2,1-4H3. The van der Waals surface area contributed by atoms with Crippen LogP contribution in [-0.2, 0) is 5.75 Å². The fourth-order valence-corrected chi connectivity index (χ4v) is 2.24. The maximum absolute atomic E-state index is 11.0. The van der Waals surface area contributed by atoms with Crippen LogP contribution in [0.15, 0.2) is 18.2 Å². The number of hydrogen-bond acceptors (Lipinski definition) is 4. The zero-order valence-electron chi connectivity index (χ0n) is 11.3. The first-order valence-corrected chi connectivity index (χ1v) is 6.97. The van der Waals surface area contributed by atoms with Gasteiger partial charge in [0.15, 0.2) is 0 Å². The molecule has 0 saturated carbocycles. The highest BCUT2D eigenvalue weighted by atomic mass is 32.2. The fraction of sp³-hybridized carbons (Fsp3) is 0.538. The predicted molar refractivity (Wildman–Crippen MR) is 78.3 cm³/mol. The first kappa shape index (κ1) is 14.8. The Bertz CT molecular complexity index is 427. The lowest BCUT2D eigenvalue weighted by Gasteiger charge is -2.17. The predicted octanol–water partition coefficient (Wildman–Crippen LogP) is 4.06. The largest absolute Gasteiger partial charge is 0.380 e. The van der Waals surface area contributed by atoms with Crippen LogP contribution in [0, 0.1) is 10.1 Å². The first-order chi connectivity index (χ1) is 8.33. The normalized spacial score (nSPS) is 11.3. The molecule has 0 aliphatic heterocycles. The Morgan fingerprint density at radius 1 is 1.39 bits per heavy atom. The van der Waals surface area contributed by atoms with Crippen LogP contribution >= 0.6 is 11.8 Å². The summed E-state index contributed by atoms with van der Waals surface area (Å²) in [6, 6.07) is 5.40. The van der Waals surface area contributed by atoms with Gasteiger partial charge < -0.3 is 5.32 Å². The summed E-state index contributed by atoms with van der Waals surface area (Å²) in [4.78, 5) is 10.7. The van der Waals surface area contributed by atoms with Gasteiger partial charge in [0.05, 0.1) is 4.92 Å². The van der Waals surface area contributed by atoms with Gasteiger partial charge in [-0.1, -0.05) is 26.8 Å². The van der Waals surface area contributed by atoms with Crippen molar-refractivity contribution in [1.82, 2.24) is 0 Å². The van der Waals surface area contributed by atoms with Crippen molar-refractivity contribution in [2.45, 2.75) is 38.2 Å². The molecule has 5 heteroatoms. The Labute approximate surface area is 112 Å². The molecule has 1 aromatic carbocycles. The highest BCUT2D eigenvalue weighted by Crippen LogP contribution is 2.31. The minimum atomic E-state index is -0.330. The quantitative estimate of drug-likeness (QED) is 0.646. The molecule has 1 aromatic rings. The zero-order chi connectivity index (χ0) is 13.8. The molecule has 0 spiro atoms. The molecule has 0 aliphatic carbocycles. The monoisotopic (exact) mass is 268 g/mol. The van der Waals surface area contributed by atoms with Crippen molar-refractivity contribution in [1.29, 1.82) is 0 Å². The molecule has 4 nitrogen and oxygen atoms in total. The molecule has 1 rings (SSSR count). The molecule has 0 bridgehead atoms. The van der Waals surface area contributed by atoms with Crippen LogP contribution in [0.3, 0.4) is 0 Å². The smallest absolute Gasteiger partial charge is 0.292 e. The Morgan fingerprint density at radius 3 is 2.56 bits per heavy atom. The van der Waals surface area contributed by atoms with Crippen LogP contribution in [-0.4, -0.2) is 16.2 Å². The van der Waals surface area contributed by atoms with Gasteiger partial charge in [0.2, 0.25) is 0 Å². The molecule has 0 unspecified atom stereocenters. The van der Waals surface area contributed by atoms with Gasteiger partial charge in [0, 0.05) is 23.1 Å². The molecule has 0 aliphatic rings. The van der Waals surface area contributed by atoms with E-state index in [2.05, 4.69) is 26.1 Å². The van der Waals surface area contributed by atoms with Crippen LogP contribution in [0.1, 0.15) is 33.3 Å². The highest BCUT2D eigenvalue weighted by Gasteiger charge is 2.16. The zero-order valence-corrected chi connectivity index (χ0v) is 12.1. The molecular formula is C13H20N2O2S. The third kappa shape index (κ3) is 4.56. The fourth-order valence-electron chi connectivity index (χ4n) is 1.46. The van der Waals surface area contributed by atoms with Crippen molar-refractivity contribution in [3.8, 4) is 0 Å². The second kappa shape index (κ2) is 6.09. The van der Waals surface area contributed by atoms with Crippen molar-refractivity contribution in [2.75, 3.05) is 11.9 Å². The number of benzene rings is 1. The van der Waals surface area contributed by atoms with Crippen molar-refractivity contribution in [3.05, 3.63) is 33.9 Å². The van der Waals surface area contributed by atoms with Crippen LogP contribution in [0.2, 0.25) is 0 Å². The summed E-state index contributed by atoms with van der Waals surface area (Å²) in [5.74, 6) is 0.788. The summed E-state index contributed by atoms with van der Waals surface area (Å²) >= 11 is 1.78. The second-order valence-corrected chi connectivity index (χ2v) is 6.84. The molecule has 0 radical (unpaired) electrons. The lowest BCUT2D eigenvalue weighted by atomic mass is 10.2. The molecule has 100 valence electrons. The van der Waals surface area contributed by atoms with E-state index in [-0.39, 0.29) is 15.4 Å². The summed E-state index contributed by atoms with van der Waals surface area (Å²) in [6.45, 7) is 9.02. The van der Waals surface area contributed by atoms with Gasteiger partial charge in [-0.05, 0) is 18.6 Å². The third-order valence-corrected chi connectivity index (χ3v) is 3.64. The molecular weight excluding hydrogens is 248 g/mol. The van der Waals surface area contributed by atoms with Crippen LogP contribution in [0.4, 0.5) is 11.4 Å². The van der Waals surface area contributed by atoms with E-state index in [9.17, 15) is 10.1 Å². The minimum absolute atomic E-state index is 0.156. The molecule has 0 heterocycles. The number of nitrogens with one attached hydrogen (secondary N) is 1. The Morgan fingerprint density at radius 2 is 2.06 bits per heavy atom. The molecule has 1 N–H and O–H groups in total. The van der Waals surface area contributed by atoms with Gasteiger partial charge in [0.25, 0.3) is 5.69 Å². The van der Waals surface area contributed by atoms with E-state index in [1.165, 1.54) is 0 Å². The van der Waals surface area contributed by atoms with Gasteiger partial charge in [-0.3, -0.25) is 10.1 Å². The van der Waals surface area contributed by atoms with Gasteiger partial charge in [-0.2, -0.15) is 11.8 Å². The summed E-state index contributed by atoms with van der Waals surface area (Å²) in [7, 11) is 0. The van der Waals surface area contributed by atoms with Gasteiger partial charge >= 0.3 is 0 Å². The Kier molecular flexibility index (Phi) is 5.02. The number of nitro benzene ring substituents is 1. The highest BCUT2D eigenvalue weighted by molar-refractivity contribution is 7.99. The van der Waals surface area contributed by atoms with Crippen molar-refractivity contribution in [2.24, 2.45) is 0 Å². The number of nitrogens with zero attached hydrogens (tertiary/aromatic N) is 1. The third-order valence-electron chi connectivity index (χ3n) is 2.30. The average molecular weight is 268 g/mol. The van der Waals surface area contributed by atoms with E-state index in [1.807, 2.05) is 13.0 Å². The minimum Gasteiger partial charge on any atom is -0.380 e. The Hall–Kier alpha value is -1.23. The van der Waals surface area contributed by atoms with Gasteiger partial charge in [-0.15, -0.1) is 0 Å². The molecule has 0 atom stereocenters. The molecule has 0 fully saturated rings. The van der Waals surface area contributed by atoms with E-state index in [0.29, 0.717) is 12.2 Å². The summed E-state index contributed by atoms with van der Waals surface area (Å²) < 4.78 is 0.162. The molecule has 0 aromatic heterocycles. The second-order valence-electron chi connectivity index (χ2n) is 5.04. The van der Waals surface area contributed by atoms with E-state index >= 15 is 0 Å². The summed E-state index contributed by atoms with van der Waals surface area (Å²) in [5.41, 5.74) is 1.74. The maximum atomic E-state index is 11.0. The molecule has 0 amide bonds. The van der Waals surface area contributed by atoms with Crippen LogP contribution < -0.4 is 5.32 Å². The average Bonchev–Trinajstić information content (AvgIpc) is 2.26. The van der Waals surface area contributed by atoms with E-state index < -0.39 is 0 Å².